The Morgan fingerprint density at radius 3 is 1.44 bits per heavy atom. The van der Waals surface area contributed by atoms with Crippen molar-refractivity contribution in [2.24, 2.45) is 0 Å². The monoisotopic (exact) mass is 638 g/mol. The van der Waals surface area contributed by atoms with E-state index >= 15 is 0 Å². The predicted molar refractivity (Wildman–Crippen MR) is 212 cm³/mol. The van der Waals surface area contributed by atoms with Gasteiger partial charge in [0, 0.05) is 33.4 Å². The van der Waals surface area contributed by atoms with Gasteiger partial charge in [-0.2, -0.15) is 0 Å². The van der Waals surface area contributed by atoms with Gasteiger partial charge in [0.15, 0.2) is 0 Å². The molecule has 0 atom stereocenters. The maximum Gasteiger partial charge on any atom is 0.0541 e. The van der Waals surface area contributed by atoms with Crippen molar-refractivity contribution < 1.29 is 0 Å². The fourth-order valence-electron chi connectivity index (χ4n) is 7.30. The van der Waals surface area contributed by atoms with Gasteiger partial charge >= 0.3 is 0 Å². The Bertz CT molecular complexity index is 2510. The van der Waals surface area contributed by atoms with Gasteiger partial charge in [0.05, 0.1) is 16.7 Å². The fourth-order valence-corrected chi connectivity index (χ4v) is 7.30. The molecule has 1 aromatic heterocycles. The molecular formula is C48H34N2. The van der Waals surface area contributed by atoms with E-state index in [2.05, 4.69) is 216 Å². The molecule has 8 aromatic carbocycles. The molecule has 0 unspecified atom stereocenters. The average molecular weight is 639 g/mol. The lowest BCUT2D eigenvalue weighted by Crippen LogP contribution is -2.10. The third kappa shape index (κ3) is 5.24. The Kier molecular flexibility index (Phi) is 7.53. The Morgan fingerprint density at radius 1 is 0.300 bits per heavy atom. The summed E-state index contributed by atoms with van der Waals surface area (Å²) in [5, 5.41) is 2.52. The van der Waals surface area contributed by atoms with Crippen molar-refractivity contribution in [2.45, 2.75) is 0 Å². The van der Waals surface area contributed by atoms with Crippen LogP contribution in [0.1, 0.15) is 0 Å². The molecule has 9 rings (SSSR count). The van der Waals surface area contributed by atoms with E-state index in [0.717, 1.165) is 22.7 Å². The summed E-state index contributed by atoms with van der Waals surface area (Å²) in [5.41, 5.74) is 14.0. The number of nitrogens with zero attached hydrogens (tertiary/aromatic N) is 2. The first-order valence-electron chi connectivity index (χ1n) is 17.1. The Morgan fingerprint density at radius 2 is 0.780 bits per heavy atom. The molecule has 0 aliphatic carbocycles. The van der Waals surface area contributed by atoms with E-state index in [1.165, 1.54) is 55.2 Å². The van der Waals surface area contributed by atoms with Crippen LogP contribution in [0.3, 0.4) is 0 Å². The highest BCUT2D eigenvalue weighted by atomic mass is 15.1. The molecular weight excluding hydrogens is 605 g/mol. The highest BCUT2D eigenvalue weighted by molar-refractivity contribution is 6.10. The predicted octanol–water partition coefficient (Wildman–Crippen LogP) is 13.3. The molecule has 0 spiro atoms. The van der Waals surface area contributed by atoms with Gasteiger partial charge in [0.25, 0.3) is 0 Å². The van der Waals surface area contributed by atoms with Crippen LogP contribution >= 0.6 is 0 Å². The van der Waals surface area contributed by atoms with Gasteiger partial charge in [-0.1, -0.05) is 152 Å². The maximum absolute atomic E-state index is 2.42. The number of para-hydroxylation sites is 4. The van der Waals surface area contributed by atoms with Crippen LogP contribution in [0.15, 0.2) is 206 Å². The minimum absolute atomic E-state index is 1.10. The third-order valence-corrected chi connectivity index (χ3v) is 9.61. The Hall–Kier alpha value is -6.64. The van der Waals surface area contributed by atoms with Gasteiger partial charge in [0.2, 0.25) is 0 Å². The number of rotatable bonds is 7. The largest absolute Gasteiger partial charge is 0.310 e. The van der Waals surface area contributed by atoms with Crippen molar-refractivity contribution in [1.29, 1.82) is 0 Å². The van der Waals surface area contributed by atoms with Gasteiger partial charge in [-0.25, -0.2) is 0 Å². The molecule has 0 radical (unpaired) electrons. The first-order valence-corrected chi connectivity index (χ1v) is 17.1. The molecule has 236 valence electrons. The summed E-state index contributed by atoms with van der Waals surface area (Å²) < 4.78 is 2.42. The summed E-state index contributed by atoms with van der Waals surface area (Å²) in [5.74, 6) is 0. The maximum atomic E-state index is 2.42. The number of hydrogen-bond donors (Lipinski definition) is 0. The lowest BCUT2D eigenvalue weighted by atomic mass is 9.92. The molecule has 0 aliphatic rings. The summed E-state index contributed by atoms with van der Waals surface area (Å²) in [6, 6.07) is 74.0. The highest BCUT2D eigenvalue weighted by Crippen LogP contribution is 2.43. The van der Waals surface area contributed by atoms with Crippen LogP contribution in [-0.2, 0) is 0 Å². The minimum Gasteiger partial charge on any atom is -0.310 e. The van der Waals surface area contributed by atoms with Crippen LogP contribution in [0.4, 0.5) is 17.1 Å². The van der Waals surface area contributed by atoms with Gasteiger partial charge in [0.1, 0.15) is 0 Å². The summed E-state index contributed by atoms with van der Waals surface area (Å²) in [7, 11) is 0. The van der Waals surface area contributed by atoms with Gasteiger partial charge in [-0.05, 0) is 82.4 Å². The average Bonchev–Trinajstić information content (AvgIpc) is 3.54. The van der Waals surface area contributed by atoms with E-state index in [4.69, 9.17) is 0 Å². The quantitative estimate of drug-likeness (QED) is 0.169. The standard InChI is InChI=1S/C48H34N2/c1-4-16-35(17-5-1)36-28-30-39(31-29-36)49(38-20-8-3-9-21-38)40-32-33-41(45(34-40)37-18-6-2-7-19-37)42-22-10-13-25-46(42)50-47-26-14-11-23-43(47)44-24-12-15-27-48(44)50/h1-34H. The van der Waals surface area contributed by atoms with E-state index in [1.807, 2.05) is 0 Å². The summed E-state index contributed by atoms with van der Waals surface area (Å²) >= 11 is 0. The van der Waals surface area contributed by atoms with Gasteiger partial charge in [-0.3, -0.25) is 0 Å². The molecule has 0 N–H and O–H groups in total. The van der Waals surface area contributed by atoms with Crippen LogP contribution in [-0.4, -0.2) is 4.57 Å². The zero-order valence-electron chi connectivity index (χ0n) is 27.5. The molecule has 1 heterocycles. The van der Waals surface area contributed by atoms with E-state index in [1.54, 1.807) is 0 Å². The van der Waals surface area contributed by atoms with E-state index < -0.39 is 0 Å². The van der Waals surface area contributed by atoms with E-state index in [9.17, 15) is 0 Å². The molecule has 0 saturated heterocycles. The van der Waals surface area contributed by atoms with Crippen molar-refractivity contribution in [1.82, 2.24) is 4.57 Å². The van der Waals surface area contributed by atoms with E-state index in [-0.39, 0.29) is 0 Å². The lowest BCUT2D eigenvalue weighted by Gasteiger charge is -2.27. The zero-order valence-corrected chi connectivity index (χ0v) is 27.5. The fraction of sp³-hybridized carbons (Fsp3) is 0. The molecule has 2 heteroatoms. The smallest absolute Gasteiger partial charge is 0.0541 e. The number of benzene rings is 8. The summed E-state index contributed by atoms with van der Waals surface area (Å²) in [4.78, 5) is 2.35. The SMILES string of the molecule is c1ccc(-c2ccc(N(c3ccccc3)c3ccc(-c4ccccc4-n4c5ccccc5c5ccccc54)c(-c4ccccc4)c3)cc2)cc1. The van der Waals surface area contributed by atoms with Crippen LogP contribution in [0, 0.1) is 0 Å². The highest BCUT2D eigenvalue weighted by Gasteiger charge is 2.20. The first kappa shape index (κ1) is 29.5. The Labute approximate surface area is 292 Å². The third-order valence-electron chi connectivity index (χ3n) is 9.61. The van der Waals surface area contributed by atoms with Gasteiger partial charge in [-0.15, -0.1) is 0 Å². The molecule has 0 bridgehead atoms. The Balaban J connectivity index is 1.24. The zero-order chi connectivity index (χ0) is 33.3. The van der Waals surface area contributed by atoms with Crippen molar-refractivity contribution in [3.8, 4) is 39.1 Å². The van der Waals surface area contributed by atoms with Crippen LogP contribution in [0.2, 0.25) is 0 Å². The molecule has 0 amide bonds. The van der Waals surface area contributed by atoms with Crippen molar-refractivity contribution in [2.75, 3.05) is 4.90 Å². The molecule has 2 nitrogen and oxygen atoms in total. The summed E-state index contributed by atoms with van der Waals surface area (Å²) in [6.45, 7) is 0. The minimum atomic E-state index is 1.10. The van der Waals surface area contributed by atoms with E-state index in [0.29, 0.717) is 0 Å². The second-order valence-electron chi connectivity index (χ2n) is 12.6. The molecule has 0 aliphatic heterocycles. The molecule has 0 saturated carbocycles. The second-order valence-corrected chi connectivity index (χ2v) is 12.6. The number of fused-ring (bicyclic) bond motifs is 3. The molecule has 9 aromatic rings. The molecule has 0 fully saturated rings. The van der Waals surface area contributed by atoms with Gasteiger partial charge < -0.3 is 9.47 Å². The van der Waals surface area contributed by atoms with Crippen molar-refractivity contribution in [3.05, 3.63) is 206 Å². The second kappa shape index (κ2) is 12.8. The van der Waals surface area contributed by atoms with Crippen LogP contribution in [0.25, 0.3) is 60.9 Å². The van der Waals surface area contributed by atoms with Crippen LogP contribution < -0.4 is 4.90 Å². The van der Waals surface area contributed by atoms with Crippen molar-refractivity contribution in [3.63, 3.8) is 0 Å². The number of aromatic nitrogens is 1. The van der Waals surface area contributed by atoms with Crippen molar-refractivity contribution >= 4 is 38.9 Å². The topological polar surface area (TPSA) is 8.17 Å². The number of hydrogen-bond acceptors (Lipinski definition) is 1. The lowest BCUT2D eigenvalue weighted by molar-refractivity contribution is 1.18. The normalized spacial score (nSPS) is 11.2. The summed E-state index contributed by atoms with van der Waals surface area (Å²) in [6.07, 6.45) is 0. The number of anilines is 3. The van der Waals surface area contributed by atoms with Crippen LogP contribution in [0.5, 0.6) is 0 Å². The molecule has 50 heavy (non-hydrogen) atoms. The first-order chi connectivity index (χ1) is 24.8.